The largest absolute Gasteiger partial charge is 0.399 e. The van der Waals surface area contributed by atoms with E-state index in [1.807, 2.05) is 6.08 Å². The first-order chi connectivity index (χ1) is 6.00. The van der Waals surface area contributed by atoms with Crippen molar-refractivity contribution in [3.8, 4) is 0 Å². The van der Waals surface area contributed by atoms with Crippen molar-refractivity contribution >= 4 is 0 Å². The number of rotatable bonds is 5. The quantitative estimate of drug-likeness (QED) is 0.506. The summed E-state index contributed by atoms with van der Waals surface area (Å²) in [6, 6.07) is 0. The molecule has 0 spiro atoms. The molecular weight excluding hydrogens is 158 g/mol. The third-order valence-electron chi connectivity index (χ3n) is 1.95. The van der Waals surface area contributed by atoms with Gasteiger partial charge in [0.25, 0.3) is 0 Å². The lowest BCUT2D eigenvalue weighted by Gasteiger charge is -2.11. The summed E-state index contributed by atoms with van der Waals surface area (Å²) in [6.07, 6.45) is 3.79. The van der Waals surface area contributed by atoms with Crippen LogP contribution in [-0.4, -0.2) is 0 Å². The highest BCUT2D eigenvalue weighted by atomic mass is 14.6. The molecule has 0 saturated heterocycles. The van der Waals surface area contributed by atoms with E-state index >= 15 is 0 Å². The van der Waals surface area contributed by atoms with Crippen LogP contribution in [0.2, 0.25) is 0 Å². The Hall–Kier alpha value is -1.24. The van der Waals surface area contributed by atoms with Crippen LogP contribution in [0, 0.1) is 0 Å². The summed E-state index contributed by atoms with van der Waals surface area (Å²) >= 11 is 0. The maximum Gasteiger partial charge on any atom is 0.0311 e. The molecule has 0 aromatic carbocycles. The fraction of sp³-hybridized carbons (Fsp3) is 0.333. The Morgan fingerprint density at radius 2 is 1.85 bits per heavy atom. The second kappa shape index (κ2) is 5.41. The molecule has 0 atom stereocenters. The van der Waals surface area contributed by atoms with Gasteiger partial charge in [-0.15, -0.1) is 6.58 Å². The van der Waals surface area contributed by atoms with Crippen molar-refractivity contribution < 1.29 is 0 Å². The van der Waals surface area contributed by atoms with Crippen LogP contribution < -0.4 is 5.73 Å². The topological polar surface area (TPSA) is 26.0 Å². The minimum atomic E-state index is 0.556. The lowest BCUT2D eigenvalue weighted by atomic mass is 9.96. The smallest absolute Gasteiger partial charge is 0.0311 e. The first-order valence-corrected chi connectivity index (χ1v) is 4.42. The van der Waals surface area contributed by atoms with Crippen molar-refractivity contribution in [1.29, 1.82) is 0 Å². The van der Waals surface area contributed by atoms with Gasteiger partial charge in [-0.25, -0.2) is 0 Å². The third kappa shape index (κ3) is 3.79. The van der Waals surface area contributed by atoms with Crippen LogP contribution >= 0.6 is 0 Å². The molecule has 0 bridgehead atoms. The zero-order chi connectivity index (χ0) is 10.4. The maximum absolute atomic E-state index is 5.59. The molecule has 0 aromatic heterocycles. The molecule has 0 unspecified atom stereocenters. The highest BCUT2D eigenvalue weighted by molar-refractivity contribution is 5.43. The van der Waals surface area contributed by atoms with Crippen LogP contribution in [0.25, 0.3) is 0 Å². The number of hydrogen-bond acceptors (Lipinski definition) is 1. The van der Waals surface area contributed by atoms with Gasteiger partial charge in [-0.3, -0.25) is 0 Å². The highest BCUT2D eigenvalue weighted by Gasteiger charge is 2.04. The number of nitrogens with two attached hydrogens (primary N) is 1. The molecule has 2 N–H and O–H groups in total. The highest BCUT2D eigenvalue weighted by Crippen LogP contribution is 2.21. The lowest BCUT2D eigenvalue weighted by Crippen LogP contribution is -2.02. The molecular formula is C12H19N. The van der Waals surface area contributed by atoms with Gasteiger partial charge in [0.2, 0.25) is 0 Å². The summed E-state index contributed by atoms with van der Waals surface area (Å²) in [5.41, 5.74) is 9.46. The van der Waals surface area contributed by atoms with Gasteiger partial charge in [-0.1, -0.05) is 24.8 Å². The molecule has 0 radical (unpaired) electrons. The van der Waals surface area contributed by atoms with Crippen LogP contribution in [0.4, 0.5) is 0 Å². The standard InChI is InChI=1S/C12H19N/c1-6-7-8-12(9(2)3)10(4)11(5)13/h6H,1,4-5,7-8,13H2,2-3H3. The van der Waals surface area contributed by atoms with E-state index in [1.54, 1.807) is 0 Å². The van der Waals surface area contributed by atoms with E-state index < -0.39 is 0 Å². The first kappa shape index (κ1) is 11.8. The van der Waals surface area contributed by atoms with Gasteiger partial charge in [-0.2, -0.15) is 0 Å². The van der Waals surface area contributed by atoms with Crippen LogP contribution in [-0.2, 0) is 0 Å². The van der Waals surface area contributed by atoms with Crippen molar-refractivity contribution in [1.82, 2.24) is 0 Å². The van der Waals surface area contributed by atoms with Gasteiger partial charge in [0.1, 0.15) is 0 Å². The molecule has 72 valence electrons. The molecule has 0 aliphatic rings. The van der Waals surface area contributed by atoms with Gasteiger partial charge >= 0.3 is 0 Å². The van der Waals surface area contributed by atoms with Gasteiger partial charge in [0, 0.05) is 5.70 Å². The predicted molar refractivity (Wildman–Crippen MR) is 60.3 cm³/mol. The Labute approximate surface area is 81.3 Å². The minimum Gasteiger partial charge on any atom is -0.399 e. The lowest BCUT2D eigenvalue weighted by molar-refractivity contribution is 0.966. The van der Waals surface area contributed by atoms with Crippen LogP contribution in [0.3, 0.4) is 0 Å². The molecule has 0 rings (SSSR count). The van der Waals surface area contributed by atoms with Crippen LogP contribution in [0.5, 0.6) is 0 Å². The first-order valence-electron chi connectivity index (χ1n) is 4.42. The molecule has 0 heterocycles. The maximum atomic E-state index is 5.59. The molecule has 1 heteroatoms. The zero-order valence-corrected chi connectivity index (χ0v) is 8.69. The van der Waals surface area contributed by atoms with Gasteiger partial charge in [0.15, 0.2) is 0 Å². The monoisotopic (exact) mass is 177 g/mol. The number of allylic oxidation sites excluding steroid dienone is 3. The molecule has 0 aromatic rings. The van der Waals surface area contributed by atoms with E-state index in [1.165, 1.54) is 11.1 Å². The minimum absolute atomic E-state index is 0.556. The van der Waals surface area contributed by atoms with E-state index in [0.717, 1.165) is 18.4 Å². The fourth-order valence-electron chi connectivity index (χ4n) is 1.14. The summed E-state index contributed by atoms with van der Waals surface area (Å²) in [7, 11) is 0. The Balaban J connectivity index is 4.64. The molecule has 0 amide bonds. The normalized spacial score (nSPS) is 9.08. The van der Waals surface area contributed by atoms with Gasteiger partial charge in [-0.05, 0) is 37.8 Å². The van der Waals surface area contributed by atoms with E-state index in [9.17, 15) is 0 Å². The molecule has 13 heavy (non-hydrogen) atoms. The van der Waals surface area contributed by atoms with E-state index in [4.69, 9.17) is 5.73 Å². The van der Waals surface area contributed by atoms with Gasteiger partial charge < -0.3 is 5.73 Å². The molecule has 0 aliphatic heterocycles. The average molecular weight is 177 g/mol. The molecule has 0 aliphatic carbocycles. The summed E-state index contributed by atoms with van der Waals surface area (Å²) in [5, 5.41) is 0. The van der Waals surface area contributed by atoms with Crippen LogP contribution in [0.15, 0.2) is 48.2 Å². The SMILES string of the molecule is C=CCCC(C(=C)C(=C)N)=C(C)C. The van der Waals surface area contributed by atoms with Crippen molar-refractivity contribution in [3.63, 3.8) is 0 Å². The van der Waals surface area contributed by atoms with Crippen molar-refractivity contribution in [2.45, 2.75) is 26.7 Å². The second-order valence-electron chi connectivity index (χ2n) is 3.31. The van der Waals surface area contributed by atoms with E-state index in [0.29, 0.717) is 5.70 Å². The predicted octanol–water partition coefficient (Wildman–Crippen LogP) is 3.32. The van der Waals surface area contributed by atoms with E-state index in [2.05, 4.69) is 33.6 Å². The molecule has 0 fully saturated rings. The Bertz CT molecular complexity index is 252. The van der Waals surface area contributed by atoms with Crippen molar-refractivity contribution in [2.24, 2.45) is 5.73 Å². The summed E-state index contributed by atoms with van der Waals surface area (Å²) < 4.78 is 0. The van der Waals surface area contributed by atoms with E-state index in [-0.39, 0.29) is 0 Å². The summed E-state index contributed by atoms with van der Waals surface area (Å²) in [5.74, 6) is 0. The Morgan fingerprint density at radius 3 is 2.15 bits per heavy atom. The summed E-state index contributed by atoms with van der Waals surface area (Å²) in [6.45, 7) is 15.4. The van der Waals surface area contributed by atoms with Crippen molar-refractivity contribution in [3.05, 3.63) is 48.2 Å². The number of hydrogen-bond donors (Lipinski definition) is 1. The van der Waals surface area contributed by atoms with Gasteiger partial charge in [0.05, 0.1) is 0 Å². The molecule has 1 nitrogen and oxygen atoms in total. The second-order valence-corrected chi connectivity index (χ2v) is 3.31. The molecule has 0 saturated carbocycles. The Kier molecular flexibility index (Phi) is 4.90. The average Bonchev–Trinajstić information content (AvgIpc) is 2.04. The van der Waals surface area contributed by atoms with Crippen molar-refractivity contribution in [2.75, 3.05) is 0 Å². The summed E-state index contributed by atoms with van der Waals surface area (Å²) in [4.78, 5) is 0. The Morgan fingerprint density at radius 1 is 1.31 bits per heavy atom. The fourth-order valence-corrected chi connectivity index (χ4v) is 1.14. The zero-order valence-electron chi connectivity index (χ0n) is 8.69. The third-order valence-corrected chi connectivity index (χ3v) is 1.95. The van der Waals surface area contributed by atoms with Crippen LogP contribution in [0.1, 0.15) is 26.7 Å².